The molecule has 5 rings (SSSR count). The van der Waals surface area contributed by atoms with Gasteiger partial charge < -0.3 is 9.30 Å². The van der Waals surface area contributed by atoms with Gasteiger partial charge in [0, 0.05) is 18.3 Å². The first-order chi connectivity index (χ1) is 14.2. The third-order valence-electron chi connectivity index (χ3n) is 5.81. The van der Waals surface area contributed by atoms with Crippen LogP contribution in [0.4, 0.5) is 0 Å². The summed E-state index contributed by atoms with van der Waals surface area (Å²) in [5.41, 5.74) is 1.70. The van der Waals surface area contributed by atoms with Crippen molar-refractivity contribution in [2.45, 2.75) is 44.6 Å². The van der Waals surface area contributed by atoms with Crippen LogP contribution >= 0.6 is 0 Å². The number of nitrogens with zero attached hydrogens (tertiary/aromatic N) is 5. The molecule has 0 spiro atoms. The lowest BCUT2D eigenvalue weighted by molar-refractivity contribution is 0.414. The fraction of sp³-hybridized carbons (Fsp3) is 0.364. The molecule has 0 aliphatic heterocycles. The number of benzene rings is 1. The van der Waals surface area contributed by atoms with E-state index in [1.165, 1.54) is 19.3 Å². The molecule has 1 aliphatic carbocycles. The molecule has 7 heteroatoms. The van der Waals surface area contributed by atoms with Gasteiger partial charge in [-0.05, 0) is 36.6 Å². The number of hydrogen-bond acceptors (Lipinski definition) is 5. The Morgan fingerprint density at radius 3 is 2.66 bits per heavy atom. The molecular weight excluding hydrogens is 366 g/mol. The van der Waals surface area contributed by atoms with Crippen molar-refractivity contribution in [1.82, 2.24) is 24.1 Å². The molecule has 0 saturated heterocycles. The quantitative estimate of drug-likeness (QED) is 0.534. The second-order valence-electron chi connectivity index (χ2n) is 7.67. The van der Waals surface area contributed by atoms with Gasteiger partial charge in [0.2, 0.25) is 0 Å². The van der Waals surface area contributed by atoms with E-state index in [9.17, 15) is 4.79 Å². The highest BCUT2D eigenvalue weighted by molar-refractivity contribution is 5.78. The molecule has 1 saturated carbocycles. The zero-order valence-electron chi connectivity index (χ0n) is 16.4. The first-order valence-electron chi connectivity index (χ1n) is 10.1. The number of rotatable bonds is 4. The van der Waals surface area contributed by atoms with E-state index in [2.05, 4.69) is 9.97 Å². The Balaban J connectivity index is 1.52. The van der Waals surface area contributed by atoms with Crippen LogP contribution in [0.2, 0.25) is 0 Å². The van der Waals surface area contributed by atoms with Crippen molar-refractivity contribution in [3.63, 3.8) is 0 Å². The number of pyridine rings is 1. The molecule has 1 aliphatic rings. The van der Waals surface area contributed by atoms with E-state index in [4.69, 9.17) is 9.84 Å². The Labute approximate surface area is 168 Å². The molecule has 7 nitrogen and oxygen atoms in total. The predicted molar refractivity (Wildman–Crippen MR) is 110 cm³/mol. The minimum absolute atomic E-state index is 0.0811. The fourth-order valence-corrected chi connectivity index (χ4v) is 4.16. The number of fused-ring (bicyclic) bond motifs is 3. The van der Waals surface area contributed by atoms with Gasteiger partial charge >= 0.3 is 0 Å². The van der Waals surface area contributed by atoms with Crippen LogP contribution in [0, 0.1) is 0 Å². The minimum atomic E-state index is -0.0811. The normalized spacial score (nSPS) is 15.2. The fourth-order valence-electron chi connectivity index (χ4n) is 4.16. The summed E-state index contributed by atoms with van der Waals surface area (Å²) < 4.78 is 8.61. The Hall–Kier alpha value is -3.22. The Bertz CT molecular complexity index is 1220. The average Bonchev–Trinajstić information content (AvgIpc) is 3.21. The maximum atomic E-state index is 13.0. The molecule has 3 heterocycles. The van der Waals surface area contributed by atoms with Crippen LogP contribution < -0.4 is 10.3 Å². The lowest BCUT2D eigenvalue weighted by Crippen LogP contribution is -2.21. The van der Waals surface area contributed by atoms with Gasteiger partial charge in [0.15, 0.2) is 5.82 Å². The highest BCUT2D eigenvalue weighted by atomic mass is 16.5. The zero-order chi connectivity index (χ0) is 19.8. The molecule has 0 bridgehead atoms. The Morgan fingerprint density at radius 2 is 1.90 bits per heavy atom. The average molecular weight is 389 g/mol. The summed E-state index contributed by atoms with van der Waals surface area (Å²) in [4.78, 5) is 22.1. The van der Waals surface area contributed by atoms with Gasteiger partial charge in [-0.3, -0.25) is 4.79 Å². The summed E-state index contributed by atoms with van der Waals surface area (Å²) in [6, 6.07) is 9.65. The van der Waals surface area contributed by atoms with E-state index in [-0.39, 0.29) is 5.56 Å². The van der Waals surface area contributed by atoms with Crippen molar-refractivity contribution in [2.75, 3.05) is 7.11 Å². The maximum absolute atomic E-state index is 13.0. The molecule has 4 aromatic rings. The monoisotopic (exact) mass is 389 g/mol. The van der Waals surface area contributed by atoms with Crippen LogP contribution in [-0.2, 0) is 6.54 Å². The summed E-state index contributed by atoms with van der Waals surface area (Å²) in [5, 5.41) is 5.27. The topological polar surface area (TPSA) is 74.3 Å². The van der Waals surface area contributed by atoms with Crippen molar-refractivity contribution in [2.24, 2.45) is 0 Å². The maximum Gasteiger partial charge on any atom is 0.261 e. The Morgan fingerprint density at radius 1 is 1.10 bits per heavy atom. The van der Waals surface area contributed by atoms with Crippen LogP contribution in [0.3, 0.4) is 0 Å². The van der Waals surface area contributed by atoms with Gasteiger partial charge in [0.05, 0.1) is 24.6 Å². The van der Waals surface area contributed by atoms with Gasteiger partial charge in [0.1, 0.15) is 5.75 Å². The molecule has 148 valence electrons. The lowest BCUT2D eigenvalue weighted by atomic mass is 9.89. The first-order valence-corrected chi connectivity index (χ1v) is 10.1. The summed E-state index contributed by atoms with van der Waals surface area (Å²) in [5.74, 6) is 2.61. The van der Waals surface area contributed by atoms with Crippen LogP contribution in [0.5, 0.6) is 5.75 Å². The van der Waals surface area contributed by atoms with Crippen molar-refractivity contribution in [1.29, 1.82) is 0 Å². The third kappa shape index (κ3) is 3.26. The number of aromatic nitrogens is 5. The molecule has 3 aromatic heterocycles. The van der Waals surface area contributed by atoms with E-state index < -0.39 is 0 Å². The molecule has 29 heavy (non-hydrogen) atoms. The zero-order valence-corrected chi connectivity index (χ0v) is 16.4. The SMILES string of the molecule is COc1ccc(Cn2ccc3c(cnc4nc(C5CCCCC5)nn43)c2=O)cc1. The van der Waals surface area contributed by atoms with Gasteiger partial charge in [-0.25, -0.2) is 4.98 Å². The highest BCUT2D eigenvalue weighted by Crippen LogP contribution is 2.31. The van der Waals surface area contributed by atoms with Crippen molar-refractivity contribution in [3.05, 3.63) is 64.5 Å². The summed E-state index contributed by atoms with van der Waals surface area (Å²) >= 11 is 0. The second kappa shape index (κ2) is 7.31. The highest BCUT2D eigenvalue weighted by Gasteiger charge is 2.21. The van der Waals surface area contributed by atoms with Gasteiger partial charge in [-0.1, -0.05) is 31.4 Å². The summed E-state index contributed by atoms with van der Waals surface area (Å²) in [6.07, 6.45) is 9.44. The molecule has 0 radical (unpaired) electrons. The van der Waals surface area contributed by atoms with Gasteiger partial charge in [0.25, 0.3) is 11.3 Å². The third-order valence-corrected chi connectivity index (χ3v) is 5.81. The largest absolute Gasteiger partial charge is 0.497 e. The van der Waals surface area contributed by atoms with E-state index in [1.807, 2.05) is 36.5 Å². The van der Waals surface area contributed by atoms with E-state index in [0.717, 1.165) is 35.5 Å². The van der Waals surface area contributed by atoms with Gasteiger partial charge in [-0.15, -0.1) is 5.10 Å². The standard InChI is InChI=1S/C22H23N5O2/c1-29-17-9-7-15(8-10-17)14-26-12-11-19-18(21(26)28)13-23-22-24-20(25-27(19)22)16-5-3-2-4-6-16/h7-13,16H,2-6,14H2,1H3. The van der Waals surface area contributed by atoms with Crippen LogP contribution in [-0.4, -0.2) is 31.3 Å². The Kier molecular flexibility index (Phi) is 4.50. The number of ether oxygens (including phenoxy) is 1. The predicted octanol–water partition coefficient (Wildman–Crippen LogP) is 3.54. The molecule has 1 aromatic carbocycles. The minimum Gasteiger partial charge on any atom is -0.497 e. The molecule has 0 N–H and O–H groups in total. The van der Waals surface area contributed by atoms with Crippen molar-refractivity contribution in [3.8, 4) is 5.75 Å². The van der Waals surface area contributed by atoms with E-state index in [1.54, 1.807) is 22.4 Å². The second-order valence-corrected chi connectivity index (χ2v) is 7.67. The lowest BCUT2D eigenvalue weighted by Gasteiger charge is -2.17. The molecule has 0 atom stereocenters. The van der Waals surface area contributed by atoms with Crippen LogP contribution in [0.1, 0.15) is 49.4 Å². The summed E-state index contributed by atoms with van der Waals surface area (Å²) in [6.45, 7) is 0.488. The molecule has 0 unspecified atom stereocenters. The number of hydrogen-bond donors (Lipinski definition) is 0. The van der Waals surface area contributed by atoms with Crippen molar-refractivity contribution < 1.29 is 4.74 Å². The summed E-state index contributed by atoms with van der Waals surface area (Å²) in [7, 11) is 1.64. The van der Waals surface area contributed by atoms with Crippen molar-refractivity contribution >= 4 is 16.7 Å². The number of methoxy groups -OCH3 is 1. The smallest absolute Gasteiger partial charge is 0.261 e. The first kappa shape index (κ1) is 17.8. The van der Waals surface area contributed by atoms with E-state index in [0.29, 0.717) is 23.6 Å². The van der Waals surface area contributed by atoms with Crippen LogP contribution in [0.25, 0.3) is 16.7 Å². The molecular formula is C22H23N5O2. The van der Waals surface area contributed by atoms with Crippen LogP contribution in [0.15, 0.2) is 47.5 Å². The van der Waals surface area contributed by atoms with Gasteiger partial charge in [-0.2, -0.15) is 9.50 Å². The van der Waals surface area contributed by atoms with E-state index >= 15 is 0 Å². The molecule has 0 amide bonds. The molecule has 1 fully saturated rings.